The summed E-state index contributed by atoms with van der Waals surface area (Å²) in [5.74, 6) is 0.678. The summed E-state index contributed by atoms with van der Waals surface area (Å²) in [4.78, 5) is 22.8. The number of rotatable bonds is 6. The number of imidazole rings is 1. The van der Waals surface area contributed by atoms with Gasteiger partial charge in [-0.3, -0.25) is 10.1 Å². The Kier molecular flexibility index (Phi) is 9.13. The molecule has 1 saturated heterocycles. The lowest BCUT2D eigenvalue weighted by atomic mass is 9.58. The van der Waals surface area contributed by atoms with Gasteiger partial charge < -0.3 is 9.88 Å². The summed E-state index contributed by atoms with van der Waals surface area (Å²) >= 11 is 12.4. The average molecular weight is 587 g/mol. The molecule has 2 fully saturated rings. The SMILES string of the molecule is Cc1nc(F)ccc1C1CC(Cn2ccnc2C)C2(CCCCCCC2)C(C(=O)NCc2ccc(Cl)c(Cl)c2)N1. The molecule has 3 atom stereocenters. The second kappa shape index (κ2) is 12.6. The maximum atomic E-state index is 14.2. The van der Waals surface area contributed by atoms with Crippen LogP contribution in [0.2, 0.25) is 10.0 Å². The maximum Gasteiger partial charge on any atom is 0.238 e. The fourth-order valence-corrected chi connectivity index (χ4v) is 7.27. The summed E-state index contributed by atoms with van der Waals surface area (Å²) < 4.78 is 16.2. The van der Waals surface area contributed by atoms with E-state index in [-0.39, 0.29) is 23.3 Å². The zero-order chi connectivity index (χ0) is 28.3. The number of aryl methyl sites for hydroxylation is 2. The molecule has 0 bridgehead atoms. The first-order chi connectivity index (χ1) is 19.3. The molecule has 3 heterocycles. The van der Waals surface area contributed by atoms with E-state index in [4.69, 9.17) is 23.2 Å². The fourth-order valence-electron chi connectivity index (χ4n) is 6.94. The van der Waals surface area contributed by atoms with E-state index in [1.54, 1.807) is 12.1 Å². The molecule has 9 heteroatoms. The molecular formula is C31H38Cl2FN5O. The Hall–Kier alpha value is -2.48. The van der Waals surface area contributed by atoms with Gasteiger partial charge in [-0.05, 0) is 73.8 Å². The minimum Gasteiger partial charge on any atom is -0.351 e. The number of carbonyl (C=O) groups excluding carboxylic acids is 1. The quantitative estimate of drug-likeness (QED) is 0.302. The molecule has 1 aliphatic heterocycles. The van der Waals surface area contributed by atoms with E-state index < -0.39 is 12.0 Å². The molecule has 2 N–H and O–H groups in total. The van der Waals surface area contributed by atoms with Crippen LogP contribution in [0, 0.1) is 31.1 Å². The zero-order valence-corrected chi connectivity index (χ0v) is 24.7. The third-order valence-corrected chi connectivity index (χ3v) is 9.82. The molecule has 1 saturated carbocycles. The van der Waals surface area contributed by atoms with Crippen molar-refractivity contribution < 1.29 is 9.18 Å². The summed E-state index contributed by atoms with van der Waals surface area (Å²) in [5, 5.41) is 7.94. The smallest absolute Gasteiger partial charge is 0.238 e. The van der Waals surface area contributed by atoms with Crippen LogP contribution in [0.1, 0.15) is 80.1 Å². The molecule has 1 spiro atoms. The van der Waals surface area contributed by atoms with Crippen LogP contribution >= 0.6 is 23.2 Å². The third kappa shape index (κ3) is 6.22. The highest BCUT2D eigenvalue weighted by Gasteiger charge is 2.52. The van der Waals surface area contributed by atoms with Gasteiger partial charge in [-0.2, -0.15) is 4.39 Å². The summed E-state index contributed by atoms with van der Waals surface area (Å²) in [7, 11) is 0. The van der Waals surface area contributed by atoms with Crippen molar-refractivity contribution in [2.75, 3.05) is 0 Å². The minimum atomic E-state index is -0.491. The van der Waals surface area contributed by atoms with E-state index in [1.807, 2.05) is 38.4 Å². The van der Waals surface area contributed by atoms with Gasteiger partial charge in [-0.1, -0.05) is 67.4 Å². The van der Waals surface area contributed by atoms with E-state index in [2.05, 4.69) is 25.2 Å². The van der Waals surface area contributed by atoms with E-state index in [0.29, 0.717) is 22.3 Å². The van der Waals surface area contributed by atoms with Gasteiger partial charge in [0.05, 0.1) is 16.1 Å². The second-order valence-corrected chi connectivity index (χ2v) is 12.3. The Balaban J connectivity index is 1.51. The lowest BCUT2D eigenvalue weighted by Gasteiger charge is -2.53. The zero-order valence-electron chi connectivity index (χ0n) is 23.2. The van der Waals surface area contributed by atoms with Crippen molar-refractivity contribution in [1.29, 1.82) is 0 Å². The Morgan fingerprint density at radius 1 is 1.10 bits per heavy atom. The Labute approximate surface area is 246 Å². The molecule has 1 aromatic carbocycles. The topological polar surface area (TPSA) is 71.8 Å². The molecule has 0 radical (unpaired) electrons. The molecule has 2 aliphatic rings. The maximum absolute atomic E-state index is 14.2. The molecule has 40 heavy (non-hydrogen) atoms. The highest BCUT2D eigenvalue weighted by atomic mass is 35.5. The summed E-state index contributed by atoms with van der Waals surface area (Å²) in [6.45, 7) is 5.01. The molecule has 1 aliphatic carbocycles. The molecule has 3 aromatic rings. The van der Waals surface area contributed by atoms with Crippen LogP contribution in [-0.2, 0) is 17.9 Å². The van der Waals surface area contributed by atoms with Crippen molar-refractivity contribution >= 4 is 29.1 Å². The van der Waals surface area contributed by atoms with Crippen LogP contribution in [0.15, 0.2) is 42.7 Å². The minimum absolute atomic E-state index is 0.0172. The Morgan fingerprint density at radius 3 is 2.52 bits per heavy atom. The standard InChI is InChI=1S/C31H38Cl2FN5O/c1-20-24(9-11-28(34)37-20)27-17-23(19-39-15-14-35-21(39)2)31(12-6-4-3-5-7-13-31)29(38-27)30(40)36-18-22-8-10-25(32)26(33)16-22/h8-11,14-16,23,27,29,38H,3-7,12-13,17-19H2,1-2H3,(H,36,40). The number of piperidine rings is 1. The normalized spacial score (nSPS) is 23.0. The monoisotopic (exact) mass is 585 g/mol. The number of hydrogen-bond acceptors (Lipinski definition) is 4. The van der Waals surface area contributed by atoms with Crippen molar-refractivity contribution in [1.82, 2.24) is 25.2 Å². The summed E-state index contributed by atoms with van der Waals surface area (Å²) in [5.41, 5.74) is 2.26. The lowest BCUT2D eigenvalue weighted by molar-refractivity contribution is -0.132. The van der Waals surface area contributed by atoms with Gasteiger partial charge in [0, 0.05) is 37.2 Å². The number of nitrogens with one attached hydrogen (secondary N) is 2. The van der Waals surface area contributed by atoms with Crippen LogP contribution in [-0.4, -0.2) is 26.5 Å². The first-order valence-corrected chi connectivity index (χ1v) is 15.1. The highest BCUT2D eigenvalue weighted by Crippen LogP contribution is 2.51. The van der Waals surface area contributed by atoms with Gasteiger partial charge in [-0.25, -0.2) is 9.97 Å². The van der Waals surface area contributed by atoms with Gasteiger partial charge in [0.15, 0.2) is 0 Å². The molecule has 214 valence electrons. The molecule has 5 rings (SSSR count). The second-order valence-electron chi connectivity index (χ2n) is 11.5. The van der Waals surface area contributed by atoms with Crippen LogP contribution < -0.4 is 10.6 Å². The number of benzene rings is 1. The predicted molar refractivity (Wildman–Crippen MR) is 157 cm³/mol. The summed E-state index contributed by atoms with van der Waals surface area (Å²) in [6.07, 6.45) is 12.5. The predicted octanol–water partition coefficient (Wildman–Crippen LogP) is 7.11. The summed E-state index contributed by atoms with van der Waals surface area (Å²) in [6, 6.07) is 8.13. The number of carbonyl (C=O) groups is 1. The van der Waals surface area contributed by atoms with Crippen molar-refractivity contribution in [3.63, 3.8) is 0 Å². The highest BCUT2D eigenvalue weighted by molar-refractivity contribution is 6.42. The van der Waals surface area contributed by atoms with Gasteiger partial charge in [0.25, 0.3) is 0 Å². The van der Waals surface area contributed by atoms with Gasteiger partial charge in [0.2, 0.25) is 11.9 Å². The molecule has 6 nitrogen and oxygen atoms in total. The lowest BCUT2D eigenvalue weighted by Crippen LogP contribution is -2.62. The first kappa shape index (κ1) is 29.0. The number of halogens is 3. The van der Waals surface area contributed by atoms with Crippen LogP contribution in [0.5, 0.6) is 0 Å². The Bertz CT molecular complexity index is 1340. The number of pyridine rings is 1. The number of amides is 1. The van der Waals surface area contributed by atoms with Crippen LogP contribution in [0.25, 0.3) is 0 Å². The van der Waals surface area contributed by atoms with E-state index >= 15 is 0 Å². The average Bonchev–Trinajstić information content (AvgIpc) is 3.31. The van der Waals surface area contributed by atoms with Crippen molar-refractivity contribution in [2.45, 2.75) is 90.4 Å². The van der Waals surface area contributed by atoms with Crippen LogP contribution in [0.3, 0.4) is 0 Å². The number of hydrogen-bond donors (Lipinski definition) is 2. The van der Waals surface area contributed by atoms with E-state index in [1.165, 1.54) is 25.3 Å². The largest absolute Gasteiger partial charge is 0.351 e. The van der Waals surface area contributed by atoms with Gasteiger partial charge in [-0.15, -0.1) is 0 Å². The van der Waals surface area contributed by atoms with Gasteiger partial charge in [0.1, 0.15) is 5.82 Å². The van der Waals surface area contributed by atoms with E-state index in [0.717, 1.165) is 55.6 Å². The molecule has 3 unspecified atom stereocenters. The number of aromatic nitrogens is 3. The number of nitrogens with zero attached hydrogens (tertiary/aromatic N) is 3. The van der Waals surface area contributed by atoms with Gasteiger partial charge >= 0.3 is 0 Å². The molecular weight excluding hydrogens is 548 g/mol. The van der Waals surface area contributed by atoms with Crippen molar-refractivity contribution in [3.8, 4) is 0 Å². The Morgan fingerprint density at radius 2 is 1.85 bits per heavy atom. The van der Waals surface area contributed by atoms with E-state index in [9.17, 15) is 9.18 Å². The fraction of sp³-hybridized carbons (Fsp3) is 0.516. The van der Waals surface area contributed by atoms with Crippen LogP contribution in [0.4, 0.5) is 4.39 Å². The third-order valence-electron chi connectivity index (χ3n) is 9.08. The first-order valence-electron chi connectivity index (χ1n) is 14.4. The molecule has 1 amide bonds. The van der Waals surface area contributed by atoms with Crippen molar-refractivity contribution in [2.24, 2.45) is 11.3 Å². The molecule has 2 aromatic heterocycles. The van der Waals surface area contributed by atoms with Crippen molar-refractivity contribution in [3.05, 3.63) is 81.4 Å².